The largest absolute Gasteiger partial charge is 0.497 e. The fraction of sp³-hybridized carbons (Fsp3) is 0.535. The van der Waals surface area contributed by atoms with Gasteiger partial charge in [0, 0.05) is 17.7 Å². The summed E-state index contributed by atoms with van der Waals surface area (Å²) in [6, 6.07) is 8.46. The van der Waals surface area contributed by atoms with Crippen LogP contribution in [0.15, 0.2) is 54.7 Å². The van der Waals surface area contributed by atoms with E-state index in [1.54, 1.807) is 37.6 Å². The van der Waals surface area contributed by atoms with Gasteiger partial charge in [0.15, 0.2) is 0 Å². The number of aromatic nitrogens is 2. The van der Waals surface area contributed by atoms with Crippen molar-refractivity contribution in [3.05, 3.63) is 54.7 Å². The number of rotatable bonds is 11. The molecule has 0 spiro atoms. The molecule has 1 aromatic carbocycles. The number of carbonyl (C=O) groups excluding carboxylic acids is 3. The predicted molar refractivity (Wildman–Crippen MR) is 222 cm³/mol. The number of fused-ring (bicyclic) bond motifs is 3. The molecule has 17 heteroatoms. The van der Waals surface area contributed by atoms with Crippen LogP contribution < -0.4 is 29.6 Å². The van der Waals surface area contributed by atoms with Gasteiger partial charge in [0.05, 0.1) is 42.6 Å². The Balaban J connectivity index is 1.25. The van der Waals surface area contributed by atoms with Crippen LogP contribution in [0.4, 0.5) is 4.79 Å². The smallest absolute Gasteiger partial charge is 0.405 e. The van der Waals surface area contributed by atoms with Crippen LogP contribution in [0.5, 0.6) is 17.4 Å². The number of benzene rings is 1. The molecule has 4 N–H and O–H groups in total. The lowest BCUT2D eigenvalue weighted by atomic mass is 9.85. The van der Waals surface area contributed by atoms with E-state index >= 15 is 0 Å². The SMILES string of the molecule is CC[C@@H]1C[C@@H](C)CC/C=C\[C@@H]2C[C@@]2(C(=O)NS(=O)(=O)C2CC2)NC(=O)[C@@H]2C[C@@H](Oc3nc(-c4ccc(OC(C)C)cn4)cc4cc(OC)ccc34)CN2C(=O)[C@H]1NC(=O)O. The summed E-state index contributed by atoms with van der Waals surface area (Å²) in [7, 11) is -2.37. The Morgan fingerprint density at radius 1 is 1.07 bits per heavy atom. The normalized spacial score (nSPS) is 27.7. The van der Waals surface area contributed by atoms with Crippen molar-refractivity contribution in [2.24, 2.45) is 17.8 Å². The summed E-state index contributed by atoms with van der Waals surface area (Å²) in [4.78, 5) is 66.2. The molecule has 16 nitrogen and oxygen atoms in total. The van der Waals surface area contributed by atoms with Crippen molar-refractivity contribution >= 4 is 44.6 Å². The fourth-order valence-electron chi connectivity index (χ4n) is 8.43. The van der Waals surface area contributed by atoms with Crippen molar-refractivity contribution in [2.45, 2.75) is 114 Å². The maximum Gasteiger partial charge on any atom is 0.405 e. The van der Waals surface area contributed by atoms with Gasteiger partial charge in [-0.25, -0.2) is 18.2 Å². The summed E-state index contributed by atoms with van der Waals surface area (Å²) in [5.74, 6) is -1.45. The molecule has 7 atom stereocenters. The van der Waals surface area contributed by atoms with Gasteiger partial charge >= 0.3 is 6.09 Å². The topological polar surface area (TPSA) is 215 Å². The van der Waals surface area contributed by atoms with Gasteiger partial charge < -0.3 is 34.9 Å². The highest BCUT2D eigenvalue weighted by Crippen LogP contribution is 2.46. The lowest BCUT2D eigenvalue weighted by Gasteiger charge is -2.33. The molecule has 322 valence electrons. The van der Waals surface area contributed by atoms with Gasteiger partial charge in [-0.1, -0.05) is 32.4 Å². The standard InChI is InChI=1S/C43H54N6O10S/c1-6-26-17-25(4)9-7-8-10-28-21-43(28,41(52)48-60(55,56)32-13-14-32)47-38(50)36-20-31(23-49(36)40(51)37(26)46-42(53)54)59-39-33-15-11-29(57-5)18-27(33)19-35(45-39)34-16-12-30(22-44-34)58-24(2)3/h8,10-12,15-16,18-19,22,24-26,28,31-32,36-37,46H,6-7,9,13-14,17,20-21,23H2,1-5H3,(H,47,50)(H,48,52)(H,53,54)/b10-8-/t25-,26+,28+,31+,36-,37-,43+/m0/s1. The number of amides is 4. The molecule has 4 amide bonds. The minimum Gasteiger partial charge on any atom is -0.497 e. The molecule has 2 aliphatic carbocycles. The summed E-state index contributed by atoms with van der Waals surface area (Å²) in [5.41, 5.74) is -0.541. The number of ether oxygens (including phenoxy) is 3. The monoisotopic (exact) mass is 846 g/mol. The third-order valence-corrected chi connectivity index (χ3v) is 13.7. The average molecular weight is 847 g/mol. The van der Waals surface area contributed by atoms with Gasteiger partial charge in [-0.3, -0.25) is 24.1 Å². The Morgan fingerprint density at radius 3 is 2.50 bits per heavy atom. The van der Waals surface area contributed by atoms with E-state index in [4.69, 9.17) is 19.2 Å². The second-order valence-electron chi connectivity index (χ2n) is 16.8. The fourth-order valence-corrected chi connectivity index (χ4v) is 9.80. The van der Waals surface area contributed by atoms with Crippen LogP contribution in [0.3, 0.4) is 0 Å². The number of allylic oxidation sites excluding steroid dienone is 1. The van der Waals surface area contributed by atoms with Crippen LogP contribution in [0.25, 0.3) is 22.2 Å². The number of hydrogen-bond acceptors (Lipinski definition) is 11. The molecule has 0 bridgehead atoms. The average Bonchev–Trinajstić information content (AvgIpc) is 4.14. The zero-order chi connectivity index (χ0) is 42.9. The molecule has 0 radical (unpaired) electrons. The van der Waals surface area contributed by atoms with Crippen LogP contribution in [0.1, 0.15) is 79.1 Å². The molecule has 2 aromatic heterocycles. The first-order valence-corrected chi connectivity index (χ1v) is 22.3. The Bertz CT molecular complexity index is 2270. The van der Waals surface area contributed by atoms with E-state index < -0.39 is 68.7 Å². The van der Waals surface area contributed by atoms with Gasteiger partial charge in [-0.15, -0.1) is 0 Å². The maximum absolute atomic E-state index is 14.8. The maximum atomic E-state index is 14.8. The quantitative estimate of drug-likeness (QED) is 0.189. The highest BCUT2D eigenvalue weighted by molar-refractivity contribution is 7.91. The molecular weight excluding hydrogens is 793 g/mol. The summed E-state index contributed by atoms with van der Waals surface area (Å²) >= 11 is 0. The molecule has 2 aliphatic heterocycles. The number of pyridine rings is 2. The molecule has 4 aliphatic rings. The Hall–Kier alpha value is -5.45. The van der Waals surface area contributed by atoms with Crippen LogP contribution in [-0.4, -0.2) is 101 Å². The van der Waals surface area contributed by atoms with Crippen molar-refractivity contribution < 1.29 is 46.9 Å². The van der Waals surface area contributed by atoms with E-state index in [0.29, 0.717) is 60.4 Å². The molecular formula is C43H54N6O10S. The zero-order valence-corrected chi connectivity index (χ0v) is 35.4. The molecule has 4 heterocycles. The summed E-state index contributed by atoms with van der Waals surface area (Å²) < 4.78 is 46.0. The van der Waals surface area contributed by atoms with Crippen LogP contribution in [0, 0.1) is 17.8 Å². The van der Waals surface area contributed by atoms with E-state index in [1.807, 2.05) is 52.0 Å². The highest BCUT2D eigenvalue weighted by Gasteiger charge is 2.62. The second-order valence-corrected chi connectivity index (χ2v) is 18.8. The van der Waals surface area contributed by atoms with Crippen molar-refractivity contribution in [3.63, 3.8) is 0 Å². The van der Waals surface area contributed by atoms with Gasteiger partial charge in [-0.05, 0) is 106 Å². The van der Waals surface area contributed by atoms with Crippen molar-refractivity contribution in [1.82, 2.24) is 30.2 Å². The number of methoxy groups -OCH3 is 1. The van der Waals surface area contributed by atoms with E-state index in [1.165, 1.54) is 4.90 Å². The van der Waals surface area contributed by atoms with Crippen molar-refractivity contribution in [2.75, 3.05) is 13.7 Å². The third-order valence-electron chi connectivity index (χ3n) is 11.9. The number of carbonyl (C=O) groups is 4. The highest BCUT2D eigenvalue weighted by atomic mass is 32.2. The van der Waals surface area contributed by atoms with Crippen LogP contribution in [-0.2, 0) is 24.4 Å². The first-order valence-electron chi connectivity index (χ1n) is 20.7. The van der Waals surface area contributed by atoms with E-state index in [-0.39, 0.29) is 43.2 Å². The predicted octanol–water partition coefficient (Wildman–Crippen LogP) is 4.96. The Morgan fingerprint density at radius 2 is 1.83 bits per heavy atom. The minimum absolute atomic E-state index is 0.0355. The first-order chi connectivity index (χ1) is 28.6. The molecule has 3 aromatic rings. The summed E-state index contributed by atoms with van der Waals surface area (Å²) in [6.07, 6.45) is 6.62. The number of carboxylic acid groups (broad SMARTS) is 1. The zero-order valence-electron chi connectivity index (χ0n) is 34.6. The van der Waals surface area contributed by atoms with Gasteiger partial charge in [0.2, 0.25) is 27.7 Å². The number of nitrogens with zero attached hydrogens (tertiary/aromatic N) is 3. The minimum atomic E-state index is -3.94. The molecule has 60 heavy (non-hydrogen) atoms. The Labute approximate surface area is 349 Å². The van der Waals surface area contributed by atoms with Gasteiger partial charge in [0.25, 0.3) is 5.91 Å². The van der Waals surface area contributed by atoms with E-state index in [0.717, 1.165) is 11.8 Å². The third kappa shape index (κ3) is 9.30. The second kappa shape index (κ2) is 17.3. The lowest BCUT2D eigenvalue weighted by Crippen LogP contribution is -2.59. The molecule has 0 unspecified atom stereocenters. The number of nitrogens with one attached hydrogen (secondary N) is 3. The number of hydrogen-bond donors (Lipinski definition) is 4. The number of sulfonamides is 1. The van der Waals surface area contributed by atoms with E-state index in [9.17, 15) is 32.7 Å². The lowest BCUT2D eigenvalue weighted by molar-refractivity contribution is -0.142. The molecule has 1 saturated heterocycles. The molecule has 3 fully saturated rings. The van der Waals surface area contributed by atoms with Gasteiger partial charge in [-0.2, -0.15) is 0 Å². The van der Waals surface area contributed by atoms with Crippen molar-refractivity contribution in [3.8, 4) is 28.8 Å². The van der Waals surface area contributed by atoms with Crippen LogP contribution in [0.2, 0.25) is 0 Å². The first kappa shape index (κ1) is 42.7. The molecule has 2 saturated carbocycles. The Kier molecular flexibility index (Phi) is 12.3. The van der Waals surface area contributed by atoms with Crippen LogP contribution >= 0.6 is 0 Å². The molecule has 7 rings (SSSR count). The summed E-state index contributed by atoms with van der Waals surface area (Å²) in [6.45, 7) is 7.68. The van der Waals surface area contributed by atoms with Crippen molar-refractivity contribution in [1.29, 1.82) is 0 Å². The summed E-state index contributed by atoms with van der Waals surface area (Å²) in [5, 5.41) is 16.0. The van der Waals surface area contributed by atoms with E-state index in [2.05, 4.69) is 20.3 Å². The van der Waals surface area contributed by atoms with Gasteiger partial charge in [0.1, 0.15) is 35.2 Å².